The lowest BCUT2D eigenvalue weighted by atomic mass is 10.0. The highest BCUT2D eigenvalue weighted by molar-refractivity contribution is 7.90. The van der Waals surface area contributed by atoms with E-state index in [0.29, 0.717) is 31.9 Å². The molecule has 3 rings (SSSR count). The molecule has 2 aromatic carbocycles. The number of sulfonamides is 1. The van der Waals surface area contributed by atoms with Crippen molar-refractivity contribution in [1.82, 2.24) is 9.79 Å². The Kier molecular flexibility index (Phi) is 7.63. The summed E-state index contributed by atoms with van der Waals surface area (Å²) in [7, 11) is -0.205. The maximum atomic E-state index is 12.8. The molecule has 1 heterocycles. The Balaban J connectivity index is 1.71. The van der Waals surface area contributed by atoms with E-state index >= 15 is 0 Å². The van der Waals surface area contributed by atoms with Crippen molar-refractivity contribution in [3.63, 3.8) is 0 Å². The molecule has 0 aliphatic carbocycles. The van der Waals surface area contributed by atoms with Gasteiger partial charge >= 0.3 is 0 Å². The average Bonchev–Trinajstić information content (AvgIpc) is 3.13. The van der Waals surface area contributed by atoms with Gasteiger partial charge in [-0.15, -0.1) is 0 Å². The molecule has 1 saturated heterocycles. The Morgan fingerprint density at radius 1 is 1.17 bits per heavy atom. The molecule has 2 aromatic rings. The SMILES string of the molecule is COCCCNS(=O)(=O)[C@H]1CON(C)[C@H]1c1cccc(OCc2ccccc2)c1. The van der Waals surface area contributed by atoms with Crippen LogP contribution < -0.4 is 9.46 Å². The third kappa shape index (κ3) is 5.77. The molecule has 0 radical (unpaired) electrons. The molecule has 1 aliphatic heterocycles. The summed E-state index contributed by atoms with van der Waals surface area (Å²) in [4.78, 5) is 5.56. The summed E-state index contributed by atoms with van der Waals surface area (Å²) in [6.07, 6.45) is 0.618. The summed E-state index contributed by atoms with van der Waals surface area (Å²) in [6, 6.07) is 17.0. The van der Waals surface area contributed by atoms with Gasteiger partial charge in [-0.05, 0) is 29.7 Å². The number of methoxy groups -OCH3 is 1. The van der Waals surface area contributed by atoms with E-state index in [4.69, 9.17) is 14.3 Å². The fourth-order valence-electron chi connectivity index (χ4n) is 3.35. The molecule has 158 valence electrons. The second-order valence-corrected chi connectivity index (χ2v) is 8.94. The minimum Gasteiger partial charge on any atom is -0.489 e. The first kappa shape index (κ1) is 21.7. The van der Waals surface area contributed by atoms with Crippen molar-refractivity contribution >= 4 is 10.0 Å². The molecular weight excluding hydrogens is 392 g/mol. The number of nitrogens with one attached hydrogen (secondary N) is 1. The molecule has 0 amide bonds. The normalized spacial score (nSPS) is 20.1. The molecule has 1 N–H and O–H groups in total. The minimum atomic E-state index is -3.55. The van der Waals surface area contributed by atoms with Crippen molar-refractivity contribution in [2.24, 2.45) is 0 Å². The fourth-order valence-corrected chi connectivity index (χ4v) is 4.90. The van der Waals surface area contributed by atoms with Gasteiger partial charge in [0.2, 0.25) is 10.0 Å². The molecule has 0 unspecified atom stereocenters. The maximum absolute atomic E-state index is 12.8. The molecule has 0 spiro atoms. The summed E-state index contributed by atoms with van der Waals surface area (Å²) in [5.74, 6) is 0.691. The van der Waals surface area contributed by atoms with E-state index in [1.54, 1.807) is 19.2 Å². The van der Waals surface area contributed by atoms with Crippen LogP contribution in [0, 0.1) is 0 Å². The molecule has 0 bridgehead atoms. The highest BCUT2D eigenvalue weighted by Crippen LogP contribution is 2.34. The largest absolute Gasteiger partial charge is 0.489 e. The predicted molar refractivity (Wildman–Crippen MR) is 111 cm³/mol. The minimum absolute atomic E-state index is 0.107. The summed E-state index contributed by atoms with van der Waals surface area (Å²) in [5, 5.41) is 0.898. The molecule has 0 saturated carbocycles. The van der Waals surface area contributed by atoms with Crippen molar-refractivity contribution in [2.75, 3.05) is 33.9 Å². The zero-order valence-corrected chi connectivity index (χ0v) is 17.6. The van der Waals surface area contributed by atoms with Crippen LogP contribution in [0.2, 0.25) is 0 Å². The molecule has 1 fully saturated rings. The zero-order chi connectivity index (χ0) is 20.7. The lowest BCUT2D eigenvalue weighted by Gasteiger charge is -2.23. The number of hydrogen-bond acceptors (Lipinski definition) is 6. The van der Waals surface area contributed by atoms with Crippen LogP contribution in [-0.4, -0.2) is 52.6 Å². The number of rotatable bonds is 10. The number of nitrogens with zero attached hydrogens (tertiary/aromatic N) is 1. The summed E-state index contributed by atoms with van der Waals surface area (Å²) in [5.41, 5.74) is 1.91. The third-order valence-corrected chi connectivity index (χ3v) is 6.66. The van der Waals surface area contributed by atoms with Crippen LogP contribution in [0.3, 0.4) is 0 Å². The Morgan fingerprint density at radius 2 is 1.97 bits per heavy atom. The fraction of sp³-hybridized carbons (Fsp3) is 0.429. The van der Waals surface area contributed by atoms with Gasteiger partial charge in [-0.2, -0.15) is 5.06 Å². The van der Waals surface area contributed by atoms with Crippen LogP contribution >= 0.6 is 0 Å². The number of benzene rings is 2. The molecule has 29 heavy (non-hydrogen) atoms. The molecule has 2 atom stereocenters. The van der Waals surface area contributed by atoms with Gasteiger partial charge in [0.1, 0.15) is 17.6 Å². The molecule has 0 aromatic heterocycles. The molecule has 8 heteroatoms. The monoisotopic (exact) mass is 420 g/mol. The lowest BCUT2D eigenvalue weighted by molar-refractivity contribution is -0.110. The first-order valence-electron chi connectivity index (χ1n) is 9.61. The van der Waals surface area contributed by atoms with Crippen molar-refractivity contribution in [1.29, 1.82) is 0 Å². The van der Waals surface area contributed by atoms with Gasteiger partial charge in [-0.25, -0.2) is 13.1 Å². The average molecular weight is 421 g/mol. The van der Waals surface area contributed by atoms with E-state index in [1.807, 2.05) is 54.6 Å². The second-order valence-electron chi connectivity index (χ2n) is 6.96. The third-order valence-electron chi connectivity index (χ3n) is 4.86. The van der Waals surface area contributed by atoms with Gasteiger partial charge in [0.25, 0.3) is 0 Å². The van der Waals surface area contributed by atoms with E-state index in [1.165, 1.54) is 0 Å². The second kappa shape index (κ2) is 10.2. The predicted octanol–water partition coefficient (Wildman–Crippen LogP) is 2.51. The van der Waals surface area contributed by atoms with Crippen LogP contribution in [-0.2, 0) is 26.2 Å². The van der Waals surface area contributed by atoms with Crippen LogP contribution in [0.4, 0.5) is 0 Å². The Bertz CT molecular complexity index is 876. The number of hydrogen-bond donors (Lipinski definition) is 1. The molecular formula is C21H28N2O5S. The van der Waals surface area contributed by atoms with E-state index in [9.17, 15) is 8.42 Å². The van der Waals surface area contributed by atoms with Crippen molar-refractivity contribution in [3.05, 3.63) is 65.7 Å². The quantitative estimate of drug-likeness (QED) is 0.595. The summed E-state index contributed by atoms with van der Waals surface area (Å²) in [6.45, 7) is 1.40. The van der Waals surface area contributed by atoms with Crippen LogP contribution in [0.15, 0.2) is 54.6 Å². The van der Waals surface area contributed by atoms with E-state index < -0.39 is 21.3 Å². The van der Waals surface area contributed by atoms with E-state index in [0.717, 1.165) is 11.1 Å². The van der Waals surface area contributed by atoms with Crippen molar-refractivity contribution < 1.29 is 22.7 Å². The topological polar surface area (TPSA) is 77.1 Å². The number of ether oxygens (including phenoxy) is 2. The van der Waals surface area contributed by atoms with E-state index in [2.05, 4.69) is 4.72 Å². The lowest BCUT2D eigenvalue weighted by Crippen LogP contribution is -2.39. The first-order chi connectivity index (χ1) is 14.0. The number of hydroxylamine groups is 2. The highest BCUT2D eigenvalue weighted by atomic mass is 32.2. The Hall–Kier alpha value is -1.97. The van der Waals surface area contributed by atoms with Crippen LogP contribution in [0.1, 0.15) is 23.6 Å². The van der Waals surface area contributed by atoms with Gasteiger partial charge in [0.05, 0.1) is 12.6 Å². The van der Waals surface area contributed by atoms with Crippen molar-refractivity contribution in [2.45, 2.75) is 24.3 Å². The summed E-state index contributed by atoms with van der Waals surface area (Å²) < 4.78 is 39.2. The first-order valence-corrected chi connectivity index (χ1v) is 11.2. The highest BCUT2D eigenvalue weighted by Gasteiger charge is 2.43. The zero-order valence-electron chi connectivity index (χ0n) is 16.8. The van der Waals surface area contributed by atoms with Gasteiger partial charge in [0.15, 0.2) is 0 Å². The maximum Gasteiger partial charge on any atom is 0.218 e. The van der Waals surface area contributed by atoms with E-state index in [-0.39, 0.29) is 6.61 Å². The van der Waals surface area contributed by atoms with Crippen LogP contribution in [0.25, 0.3) is 0 Å². The van der Waals surface area contributed by atoms with Gasteiger partial charge in [-0.3, -0.25) is 4.84 Å². The van der Waals surface area contributed by atoms with Crippen LogP contribution in [0.5, 0.6) is 5.75 Å². The Morgan fingerprint density at radius 3 is 2.72 bits per heavy atom. The van der Waals surface area contributed by atoms with Gasteiger partial charge in [0, 0.05) is 27.3 Å². The smallest absolute Gasteiger partial charge is 0.218 e. The summed E-state index contributed by atoms with van der Waals surface area (Å²) >= 11 is 0. The standard InChI is InChI=1S/C21H28N2O5S/c1-23-21(20(16-28-23)29(24,25)22-12-7-13-26-2)18-10-6-11-19(14-18)27-15-17-8-4-3-5-9-17/h3-6,8-11,14,20-22H,7,12-13,15-16H2,1-2H3/t20-,21-/m0/s1. The van der Waals surface area contributed by atoms with Gasteiger partial charge in [-0.1, -0.05) is 42.5 Å². The Labute approximate surface area is 172 Å². The molecule has 1 aliphatic rings. The van der Waals surface area contributed by atoms with Gasteiger partial charge < -0.3 is 9.47 Å². The molecule has 7 nitrogen and oxygen atoms in total. The van der Waals surface area contributed by atoms with Crippen molar-refractivity contribution in [3.8, 4) is 5.75 Å².